The third kappa shape index (κ3) is 4.40. The van der Waals surface area contributed by atoms with Gasteiger partial charge >= 0.3 is 0 Å². The molecule has 0 unspecified atom stereocenters. The van der Waals surface area contributed by atoms with Gasteiger partial charge in [0, 0.05) is 6.54 Å². The van der Waals surface area contributed by atoms with Gasteiger partial charge in [-0.1, -0.05) is 11.3 Å². The SMILES string of the molecule is COc1ccc(-n2cc(C(=O)NCCc3ccc(OC)c(OC)c3)nn2)cc1. The van der Waals surface area contributed by atoms with E-state index in [4.69, 9.17) is 14.2 Å². The highest BCUT2D eigenvalue weighted by atomic mass is 16.5. The van der Waals surface area contributed by atoms with Gasteiger partial charge in [0.2, 0.25) is 0 Å². The minimum atomic E-state index is -0.278. The van der Waals surface area contributed by atoms with Crippen LogP contribution in [0.2, 0.25) is 0 Å². The average Bonchev–Trinajstić information content (AvgIpc) is 3.24. The number of hydrogen-bond donors (Lipinski definition) is 1. The van der Waals surface area contributed by atoms with Gasteiger partial charge < -0.3 is 19.5 Å². The topological polar surface area (TPSA) is 87.5 Å². The van der Waals surface area contributed by atoms with Crippen molar-refractivity contribution in [1.82, 2.24) is 20.3 Å². The van der Waals surface area contributed by atoms with E-state index in [0.717, 1.165) is 17.0 Å². The molecule has 146 valence electrons. The lowest BCUT2D eigenvalue weighted by molar-refractivity contribution is 0.0949. The number of hydrogen-bond acceptors (Lipinski definition) is 6. The van der Waals surface area contributed by atoms with Crippen LogP contribution in [0.3, 0.4) is 0 Å². The number of ether oxygens (including phenoxy) is 3. The molecule has 0 bridgehead atoms. The monoisotopic (exact) mass is 382 g/mol. The van der Waals surface area contributed by atoms with E-state index in [9.17, 15) is 4.79 Å². The number of rotatable bonds is 8. The number of carbonyl (C=O) groups is 1. The van der Waals surface area contributed by atoms with Crippen molar-refractivity contribution in [3.8, 4) is 22.9 Å². The number of nitrogens with one attached hydrogen (secondary N) is 1. The number of nitrogens with zero attached hydrogens (tertiary/aromatic N) is 3. The Labute approximate surface area is 163 Å². The quantitative estimate of drug-likeness (QED) is 0.643. The van der Waals surface area contributed by atoms with Crippen molar-refractivity contribution in [3.63, 3.8) is 0 Å². The highest BCUT2D eigenvalue weighted by Crippen LogP contribution is 2.27. The van der Waals surface area contributed by atoms with Crippen LogP contribution in [0.25, 0.3) is 5.69 Å². The van der Waals surface area contributed by atoms with Crippen molar-refractivity contribution in [2.75, 3.05) is 27.9 Å². The van der Waals surface area contributed by atoms with Crippen LogP contribution in [0.1, 0.15) is 16.1 Å². The average molecular weight is 382 g/mol. The molecule has 0 saturated carbocycles. The highest BCUT2D eigenvalue weighted by Gasteiger charge is 2.12. The van der Waals surface area contributed by atoms with Crippen LogP contribution >= 0.6 is 0 Å². The van der Waals surface area contributed by atoms with Crippen molar-refractivity contribution in [3.05, 3.63) is 59.9 Å². The molecular formula is C20H22N4O4. The van der Waals surface area contributed by atoms with Crippen LogP contribution in [0.4, 0.5) is 0 Å². The smallest absolute Gasteiger partial charge is 0.273 e. The Hall–Kier alpha value is -3.55. The molecule has 0 atom stereocenters. The van der Waals surface area contributed by atoms with E-state index in [1.807, 2.05) is 42.5 Å². The van der Waals surface area contributed by atoms with Crippen molar-refractivity contribution >= 4 is 5.91 Å². The molecular weight excluding hydrogens is 360 g/mol. The van der Waals surface area contributed by atoms with Gasteiger partial charge in [0.1, 0.15) is 5.75 Å². The maximum atomic E-state index is 12.3. The fraction of sp³-hybridized carbons (Fsp3) is 0.250. The Bertz CT molecular complexity index is 938. The van der Waals surface area contributed by atoms with Crippen molar-refractivity contribution in [2.45, 2.75) is 6.42 Å². The maximum Gasteiger partial charge on any atom is 0.273 e. The lowest BCUT2D eigenvalue weighted by atomic mass is 10.1. The first-order valence-corrected chi connectivity index (χ1v) is 8.70. The number of methoxy groups -OCH3 is 3. The zero-order valence-corrected chi connectivity index (χ0v) is 16.0. The van der Waals surface area contributed by atoms with E-state index in [2.05, 4.69) is 15.6 Å². The highest BCUT2D eigenvalue weighted by molar-refractivity contribution is 5.91. The summed E-state index contributed by atoms with van der Waals surface area (Å²) in [4.78, 5) is 12.3. The largest absolute Gasteiger partial charge is 0.497 e. The molecule has 3 aromatic rings. The van der Waals surface area contributed by atoms with Crippen molar-refractivity contribution in [2.24, 2.45) is 0 Å². The molecule has 0 spiro atoms. The Morgan fingerprint density at radius 1 is 1.00 bits per heavy atom. The molecule has 28 heavy (non-hydrogen) atoms. The van der Waals surface area contributed by atoms with Gasteiger partial charge in [-0.3, -0.25) is 4.79 Å². The minimum Gasteiger partial charge on any atom is -0.497 e. The van der Waals surface area contributed by atoms with Gasteiger partial charge in [-0.05, 0) is 48.4 Å². The Morgan fingerprint density at radius 3 is 2.43 bits per heavy atom. The molecule has 1 aromatic heterocycles. The standard InChI is InChI=1S/C20H22N4O4/c1-26-16-7-5-15(6-8-16)24-13-17(22-23-24)20(25)21-11-10-14-4-9-18(27-2)19(12-14)28-3/h4-9,12-13H,10-11H2,1-3H3,(H,21,25). The van der Waals surface area contributed by atoms with Gasteiger partial charge in [-0.2, -0.15) is 0 Å². The van der Waals surface area contributed by atoms with Crippen LogP contribution in [0.15, 0.2) is 48.7 Å². The summed E-state index contributed by atoms with van der Waals surface area (Å²) in [7, 11) is 4.79. The third-order valence-corrected chi connectivity index (χ3v) is 4.21. The molecule has 0 radical (unpaired) electrons. The van der Waals surface area contributed by atoms with Crippen LogP contribution in [-0.4, -0.2) is 48.8 Å². The molecule has 3 rings (SSSR count). The summed E-state index contributed by atoms with van der Waals surface area (Å²) >= 11 is 0. The van der Waals surface area contributed by atoms with Crippen LogP contribution in [0, 0.1) is 0 Å². The summed E-state index contributed by atoms with van der Waals surface area (Å²) in [6.07, 6.45) is 2.24. The van der Waals surface area contributed by atoms with E-state index in [-0.39, 0.29) is 11.6 Å². The lowest BCUT2D eigenvalue weighted by Crippen LogP contribution is -2.26. The molecule has 0 aliphatic carbocycles. The molecule has 1 heterocycles. The predicted octanol–water partition coefficient (Wildman–Crippen LogP) is 2.27. The molecule has 1 amide bonds. The predicted molar refractivity (Wildman–Crippen MR) is 103 cm³/mol. The van der Waals surface area contributed by atoms with Gasteiger partial charge in [-0.25, -0.2) is 4.68 Å². The Balaban J connectivity index is 1.57. The van der Waals surface area contributed by atoms with E-state index in [0.29, 0.717) is 24.5 Å². The number of benzene rings is 2. The molecule has 8 heteroatoms. The van der Waals surface area contributed by atoms with E-state index < -0.39 is 0 Å². The van der Waals surface area contributed by atoms with Gasteiger partial charge in [0.15, 0.2) is 17.2 Å². The molecule has 1 N–H and O–H groups in total. The van der Waals surface area contributed by atoms with Crippen LogP contribution < -0.4 is 19.5 Å². The fourth-order valence-corrected chi connectivity index (χ4v) is 2.68. The van der Waals surface area contributed by atoms with Gasteiger partial charge in [-0.15, -0.1) is 5.10 Å². The zero-order chi connectivity index (χ0) is 19.9. The van der Waals surface area contributed by atoms with Crippen molar-refractivity contribution in [1.29, 1.82) is 0 Å². The zero-order valence-electron chi connectivity index (χ0n) is 16.0. The molecule has 0 fully saturated rings. The van der Waals surface area contributed by atoms with Gasteiger partial charge in [0.25, 0.3) is 5.91 Å². The van der Waals surface area contributed by atoms with E-state index in [1.54, 1.807) is 32.2 Å². The molecule has 8 nitrogen and oxygen atoms in total. The summed E-state index contributed by atoms with van der Waals surface area (Å²) in [5.74, 6) is 1.80. The summed E-state index contributed by atoms with van der Waals surface area (Å²) in [6.45, 7) is 0.462. The lowest BCUT2D eigenvalue weighted by Gasteiger charge is -2.09. The Morgan fingerprint density at radius 2 is 1.75 bits per heavy atom. The van der Waals surface area contributed by atoms with Crippen LogP contribution in [-0.2, 0) is 6.42 Å². The minimum absolute atomic E-state index is 0.253. The number of aromatic nitrogens is 3. The van der Waals surface area contributed by atoms with E-state index >= 15 is 0 Å². The number of carbonyl (C=O) groups excluding carboxylic acids is 1. The second-order valence-corrected chi connectivity index (χ2v) is 5.94. The van der Waals surface area contributed by atoms with Crippen molar-refractivity contribution < 1.29 is 19.0 Å². The van der Waals surface area contributed by atoms with Crippen LogP contribution in [0.5, 0.6) is 17.2 Å². The molecule has 0 saturated heterocycles. The molecule has 0 aliphatic heterocycles. The second kappa shape index (κ2) is 8.90. The fourth-order valence-electron chi connectivity index (χ4n) is 2.68. The summed E-state index contributed by atoms with van der Waals surface area (Å²) in [5, 5.41) is 10.8. The first-order valence-electron chi connectivity index (χ1n) is 8.70. The third-order valence-electron chi connectivity index (χ3n) is 4.21. The summed E-state index contributed by atoms with van der Waals surface area (Å²) in [5.41, 5.74) is 2.07. The van der Waals surface area contributed by atoms with E-state index in [1.165, 1.54) is 0 Å². The first-order chi connectivity index (χ1) is 13.6. The maximum absolute atomic E-state index is 12.3. The first kappa shape index (κ1) is 19.2. The normalized spacial score (nSPS) is 10.4. The van der Waals surface area contributed by atoms with Gasteiger partial charge in [0.05, 0.1) is 33.2 Å². The second-order valence-electron chi connectivity index (χ2n) is 5.94. The summed E-state index contributed by atoms with van der Waals surface area (Å²) < 4.78 is 17.2. The molecule has 2 aromatic carbocycles. The summed E-state index contributed by atoms with van der Waals surface area (Å²) in [6, 6.07) is 13.0. The molecule has 0 aliphatic rings. The Kier molecular flexibility index (Phi) is 6.11. The number of amides is 1.